The molecule has 0 aromatic carbocycles. The quantitative estimate of drug-likeness (QED) is 0.682. The Bertz CT molecular complexity index is 242. The van der Waals surface area contributed by atoms with Gasteiger partial charge in [0, 0.05) is 32.1 Å². The topological polar surface area (TPSA) is 73.1 Å². The van der Waals surface area contributed by atoms with Gasteiger partial charge in [-0.15, -0.1) is 0 Å². The first kappa shape index (κ1) is 10.9. The van der Waals surface area contributed by atoms with Gasteiger partial charge in [-0.1, -0.05) is 0 Å². The fraction of sp³-hybridized carbons (Fsp3) is 0.556. The molecule has 3 N–H and O–H groups in total. The number of nitrogens with two attached hydrogens (primary N) is 1. The van der Waals surface area contributed by atoms with Crippen molar-refractivity contribution in [3.05, 3.63) is 18.5 Å². The highest BCUT2D eigenvalue weighted by Gasteiger charge is 2.01. The normalized spacial score (nSPS) is 12.4. The predicted octanol–water partition coefficient (Wildman–Crippen LogP) is 0.252. The van der Waals surface area contributed by atoms with E-state index in [9.17, 15) is 0 Å². The van der Waals surface area contributed by atoms with Crippen molar-refractivity contribution in [3.63, 3.8) is 0 Å². The summed E-state index contributed by atoms with van der Waals surface area (Å²) in [5.74, 6) is 0.636. The first-order valence-electron chi connectivity index (χ1n) is 4.58. The summed E-state index contributed by atoms with van der Waals surface area (Å²) in [6, 6.07) is 1.85. The lowest BCUT2D eigenvalue weighted by molar-refractivity contribution is 0.178. The van der Waals surface area contributed by atoms with E-state index in [4.69, 9.17) is 10.5 Å². The van der Waals surface area contributed by atoms with E-state index in [1.807, 2.05) is 0 Å². The summed E-state index contributed by atoms with van der Waals surface area (Å²) in [4.78, 5) is 8.05. The summed E-state index contributed by atoms with van der Waals surface area (Å²) in [5, 5.41) is 3.08. The standard InChI is InChI=1S/C9H16N4O/c1-14-7-8(10)3-6-13-9-11-4-2-5-12-9/h2,4-5,8H,3,6-7,10H2,1H3,(H,11,12,13). The molecule has 0 aliphatic carbocycles. The Morgan fingerprint density at radius 1 is 1.50 bits per heavy atom. The summed E-state index contributed by atoms with van der Waals surface area (Å²) in [6.07, 6.45) is 4.24. The SMILES string of the molecule is COCC(N)CCNc1ncccn1. The molecule has 0 bridgehead atoms. The van der Waals surface area contributed by atoms with Gasteiger partial charge in [0.2, 0.25) is 5.95 Å². The van der Waals surface area contributed by atoms with Gasteiger partial charge in [-0.05, 0) is 12.5 Å². The van der Waals surface area contributed by atoms with Crippen LogP contribution in [0.2, 0.25) is 0 Å². The second-order valence-electron chi connectivity index (χ2n) is 3.00. The molecule has 14 heavy (non-hydrogen) atoms. The molecule has 1 aromatic heterocycles. The number of aromatic nitrogens is 2. The van der Waals surface area contributed by atoms with Gasteiger partial charge in [0.25, 0.3) is 0 Å². The Labute approximate surface area is 83.7 Å². The molecule has 0 saturated carbocycles. The number of methoxy groups -OCH3 is 1. The maximum atomic E-state index is 5.74. The van der Waals surface area contributed by atoms with E-state index in [-0.39, 0.29) is 6.04 Å². The van der Waals surface area contributed by atoms with Crippen LogP contribution in [0.1, 0.15) is 6.42 Å². The van der Waals surface area contributed by atoms with Gasteiger partial charge in [0.1, 0.15) is 0 Å². The zero-order valence-electron chi connectivity index (χ0n) is 8.31. The lowest BCUT2D eigenvalue weighted by Crippen LogP contribution is -2.28. The van der Waals surface area contributed by atoms with Crippen LogP contribution in [-0.4, -0.2) is 36.3 Å². The molecule has 1 atom stereocenters. The average molecular weight is 196 g/mol. The molecule has 1 rings (SSSR count). The van der Waals surface area contributed by atoms with Crippen molar-refractivity contribution in [2.75, 3.05) is 25.6 Å². The molecule has 1 heterocycles. The maximum Gasteiger partial charge on any atom is 0.222 e. The Balaban J connectivity index is 2.16. The van der Waals surface area contributed by atoms with Crippen molar-refractivity contribution in [2.45, 2.75) is 12.5 Å². The van der Waals surface area contributed by atoms with Crippen molar-refractivity contribution >= 4 is 5.95 Å². The second-order valence-corrected chi connectivity index (χ2v) is 3.00. The molecular weight excluding hydrogens is 180 g/mol. The number of anilines is 1. The van der Waals surface area contributed by atoms with Crippen LogP contribution in [0.25, 0.3) is 0 Å². The third kappa shape index (κ3) is 4.15. The number of hydrogen-bond acceptors (Lipinski definition) is 5. The molecule has 78 valence electrons. The summed E-state index contributed by atoms with van der Waals surface area (Å²) in [6.45, 7) is 1.34. The molecule has 0 amide bonds. The molecule has 1 unspecified atom stereocenters. The number of rotatable bonds is 6. The molecule has 5 nitrogen and oxygen atoms in total. The zero-order chi connectivity index (χ0) is 10.2. The van der Waals surface area contributed by atoms with Crippen LogP contribution in [-0.2, 0) is 4.74 Å². The summed E-state index contributed by atoms with van der Waals surface area (Å²) >= 11 is 0. The minimum atomic E-state index is 0.0659. The van der Waals surface area contributed by atoms with E-state index < -0.39 is 0 Å². The highest BCUT2D eigenvalue weighted by molar-refractivity contribution is 5.21. The molecule has 0 spiro atoms. The van der Waals surface area contributed by atoms with E-state index >= 15 is 0 Å². The van der Waals surface area contributed by atoms with Gasteiger partial charge in [0.05, 0.1) is 6.61 Å². The lowest BCUT2D eigenvalue weighted by atomic mass is 10.2. The van der Waals surface area contributed by atoms with E-state index in [0.717, 1.165) is 13.0 Å². The minimum Gasteiger partial charge on any atom is -0.383 e. The molecule has 5 heteroatoms. The molecule has 1 aromatic rings. The molecule has 0 fully saturated rings. The average Bonchev–Trinajstić information content (AvgIpc) is 2.20. The molecule has 0 aliphatic heterocycles. The van der Waals surface area contributed by atoms with Crippen molar-refractivity contribution in [2.24, 2.45) is 5.73 Å². The van der Waals surface area contributed by atoms with Crippen molar-refractivity contribution in [1.29, 1.82) is 0 Å². The number of ether oxygens (including phenoxy) is 1. The van der Waals surface area contributed by atoms with Crippen LogP contribution in [0.3, 0.4) is 0 Å². The zero-order valence-corrected chi connectivity index (χ0v) is 8.31. The van der Waals surface area contributed by atoms with Crippen LogP contribution >= 0.6 is 0 Å². The molecule has 0 radical (unpaired) electrons. The van der Waals surface area contributed by atoms with Gasteiger partial charge < -0.3 is 15.8 Å². The van der Waals surface area contributed by atoms with Crippen LogP contribution in [0.15, 0.2) is 18.5 Å². The van der Waals surface area contributed by atoms with E-state index in [1.54, 1.807) is 25.6 Å². The summed E-state index contributed by atoms with van der Waals surface area (Å²) in [7, 11) is 1.65. The third-order valence-electron chi connectivity index (χ3n) is 1.74. The summed E-state index contributed by atoms with van der Waals surface area (Å²) < 4.78 is 4.92. The lowest BCUT2D eigenvalue weighted by Gasteiger charge is -2.10. The van der Waals surface area contributed by atoms with E-state index in [2.05, 4.69) is 15.3 Å². The molecule has 0 aliphatic rings. The van der Waals surface area contributed by atoms with Crippen LogP contribution in [0.5, 0.6) is 0 Å². The number of nitrogens with zero attached hydrogens (tertiary/aromatic N) is 2. The van der Waals surface area contributed by atoms with Crippen LogP contribution in [0.4, 0.5) is 5.95 Å². The van der Waals surface area contributed by atoms with Crippen LogP contribution < -0.4 is 11.1 Å². The van der Waals surface area contributed by atoms with Gasteiger partial charge >= 0.3 is 0 Å². The monoisotopic (exact) mass is 196 g/mol. The van der Waals surface area contributed by atoms with E-state index in [0.29, 0.717) is 12.6 Å². The highest BCUT2D eigenvalue weighted by atomic mass is 16.5. The number of nitrogens with one attached hydrogen (secondary N) is 1. The first-order valence-corrected chi connectivity index (χ1v) is 4.58. The van der Waals surface area contributed by atoms with E-state index in [1.165, 1.54) is 0 Å². The van der Waals surface area contributed by atoms with Crippen molar-refractivity contribution in [3.8, 4) is 0 Å². The minimum absolute atomic E-state index is 0.0659. The molecule has 0 saturated heterocycles. The van der Waals surface area contributed by atoms with Crippen LogP contribution in [0, 0.1) is 0 Å². The number of hydrogen-bond donors (Lipinski definition) is 2. The summed E-state index contributed by atoms with van der Waals surface area (Å²) in [5.41, 5.74) is 5.74. The Morgan fingerprint density at radius 3 is 2.86 bits per heavy atom. The first-order chi connectivity index (χ1) is 6.83. The van der Waals surface area contributed by atoms with Gasteiger partial charge in [-0.3, -0.25) is 0 Å². The van der Waals surface area contributed by atoms with Crippen molar-refractivity contribution in [1.82, 2.24) is 9.97 Å². The predicted molar refractivity (Wildman–Crippen MR) is 55.0 cm³/mol. The van der Waals surface area contributed by atoms with Gasteiger partial charge in [-0.2, -0.15) is 0 Å². The maximum absolute atomic E-state index is 5.74. The second kappa shape index (κ2) is 6.28. The van der Waals surface area contributed by atoms with Crippen molar-refractivity contribution < 1.29 is 4.74 Å². The fourth-order valence-electron chi connectivity index (χ4n) is 1.06. The third-order valence-corrected chi connectivity index (χ3v) is 1.74. The fourth-order valence-corrected chi connectivity index (χ4v) is 1.06. The van der Waals surface area contributed by atoms with Gasteiger partial charge in [-0.25, -0.2) is 9.97 Å². The Kier molecular flexibility index (Phi) is 4.88. The Morgan fingerprint density at radius 2 is 2.21 bits per heavy atom. The molecular formula is C9H16N4O. The highest BCUT2D eigenvalue weighted by Crippen LogP contribution is 1.95. The Hall–Kier alpha value is -1.20. The smallest absolute Gasteiger partial charge is 0.222 e. The largest absolute Gasteiger partial charge is 0.383 e. The van der Waals surface area contributed by atoms with Gasteiger partial charge in [0.15, 0.2) is 0 Å².